The fourth-order valence-electron chi connectivity index (χ4n) is 8.47. The first kappa shape index (κ1) is 44.7. The zero-order valence-corrected chi connectivity index (χ0v) is 35.6. The van der Waals surface area contributed by atoms with E-state index in [1.165, 1.54) is 14.2 Å². The zero-order valence-electron chi connectivity index (χ0n) is 34.8. The Morgan fingerprint density at radius 2 is 1.80 bits per heavy atom. The van der Waals surface area contributed by atoms with E-state index in [1.54, 1.807) is 43.3 Å². The fourth-order valence-corrected chi connectivity index (χ4v) is 9.90. The molecule has 2 aromatic rings. The van der Waals surface area contributed by atoms with Gasteiger partial charge in [-0.25, -0.2) is 26.4 Å². The van der Waals surface area contributed by atoms with Gasteiger partial charge in [-0.2, -0.15) is 4.98 Å². The lowest BCUT2D eigenvalue weighted by Crippen LogP contribution is -2.66. The van der Waals surface area contributed by atoms with Crippen LogP contribution in [0.5, 0.6) is 17.5 Å². The average molecular weight is 866 g/mol. The normalized spacial score (nSPS) is 28.9. The second-order valence-electron chi connectivity index (χ2n) is 17.4. The smallest absolute Gasteiger partial charge is 0.408 e. The standard InChI is InChI=1S/C41H54F3N5O10S/c1-23-10-8-9-11-26-20-41(26,36(52)47-60(55,56)40(22-42)14-15-40)46-33(50)30-19-28(59-34-29-13-12-27(57-6)17-25(29)18-31(45-34)58-7)21-48(30)35(51)32(24(2)16-23)49(37(53)54)38(3,4)39(5,43)44/h9,11-13,17-18,23-24,26,28,30,32H,8,10,14-16,19-22H2,1-7H3,(H,46,50)(H,47,52)(H,53,54)/b11-9-/t23-,24-,26-,28-,30+,32+,41-/m1/s1. The van der Waals surface area contributed by atoms with Gasteiger partial charge in [0.2, 0.25) is 33.6 Å². The summed E-state index contributed by atoms with van der Waals surface area (Å²) in [7, 11) is -1.58. The number of methoxy groups -OCH3 is 2. The van der Waals surface area contributed by atoms with E-state index >= 15 is 13.6 Å². The van der Waals surface area contributed by atoms with Crippen molar-refractivity contribution in [1.29, 1.82) is 0 Å². The predicted octanol–water partition coefficient (Wildman–Crippen LogP) is 5.22. The maximum atomic E-state index is 15.4. The molecule has 3 N–H and O–H groups in total. The number of halogens is 3. The lowest BCUT2D eigenvalue weighted by molar-refractivity contribution is -0.156. The number of carboxylic acid groups (broad SMARTS) is 1. The van der Waals surface area contributed by atoms with E-state index < -0.39 is 92.3 Å². The van der Waals surface area contributed by atoms with Crippen molar-refractivity contribution in [3.05, 3.63) is 36.4 Å². The Kier molecular flexibility index (Phi) is 12.1. The average Bonchev–Trinajstić information content (AvgIpc) is 4.08. The first-order valence-electron chi connectivity index (χ1n) is 20.1. The van der Waals surface area contributed by atoms with Crippen LogP contribution in [0.4, 0.5) is 18.0 Å². The molecule has 1 saturated heterocycles. The van der Waals surface area contributed by atoms with E-state index in [1.807, 2.05) is 11.6 Å². The van der Waals surface area contributed by atoms with Crippen LogP contribution in [-0.4, -0.2) is 119 Å². The minimum Gasteiger partial charge on any atom is -0.497 e. The lowest BCUT2D eigenvalue weighted by atomic mass is 9.84. The number of nitrogens with one attached hydrogen (secondary N) is 2. The lowest BCUT2D eigenvalue weighted by Gasteiger charge is -2.47. The number of amides is 4. The highest BCUT2D eigenvalue weighted by Crippen LogP contribution is 2.48. The number of benzene rings is 1. The predicted molar refractivity (Wildman–Crippen MR) is 213 cm³/mol. The maximum Gasteiger partial charge on any atom is 0.408 e. The van der Waals surface area contributed by atoms with Crippen molar-refractivity contribution >= 4 is 44.6 Å². The Hall–Kier alpha value is -4.81. The second kappa shape index (κ2) is 16.2. The van der Waals surface area contributed by atoms with Crippen molar-refractivity contribution in [2.24, 2.45) is 17.8 Å². The molecule has 3 fully saturated rings. The Balaban J connectivity index is 1.44. The molecule has 0 unspecified atom stereocenters. The first-order valence-corrected chi connectivity index (χ1v) is 21.5. The van der Waals surface area contributed by atoms with E-state index in [4.69, 9.17) is 14.2 Å². The second-order valence-corrected chi connectivity index (χ2v) is 19.5. The van der Waals surface area contributed by atoms with Crippen molar-refractivity contribution in [2.45, 2.75) is 119 Å². The van der Waals surface area contributed by atoms with E-state index in [9.17, 15) is 32.3 Å². The van der Waals surface area contributed by atoms with Crippen LogP contribution in [0.25, 0.3) is 10.8 Å². The molecular formula is C41H54F3N5O10S. The van der Waals surface area contributed by atoms with Gasteiger partial charge >= 0.3 is 6.09 Å². The highest BCUT2D eigenvalue weighted by atomic mass is 32.2. The van der Waals surface area contributed by atoms with Crippen LogP contribution in [0.15, 0.2) is 36.4 Å². The first-order chi connectivity index (χ1) is 28.0. The van der Waals surface area contributed by atoms with Crippen molar-refractivity contribution in [3.8, 4) is 17.5 Å². The van der Waals surface area contributed by atoms with Crippen molar-refractivity contribution in [3.63, 3.8) is 0 Å². The van der Waals surface area contributed by atoms with Gasteiger partial charge in [-0.05, 0) is 87.8 Å². The molecule has 4 amide bonds. The topological polar surface area (TPSA) is 194 Å². The summed E-state index contributed by atoms with van der Waals surface area (Å²) in [6.07, 6.45) is 1.79. The number of alkyl halides is 3. The minimum absolute atomic E-state index is 0.00915. The number of allylic oxidation sites excluding steroid dienone is 1. The molecule has 0 radical (unpaired) electrons. The summed E-state index contributed by atoms with van der Waals surface area (Å²) in [5, 5.41) is 14.5. The molecule has 2 aliphatic carbocycles. The zero-order chi connectivity index (χ0) is 44.2. The fraction of sp³-hybridized carbons (Fsp3) is 0.634. The van der Waals surface area contributed by atoms with Crippen LogP contribution >= 0.6 is 0 Å². The highest BCUT2D eigenvalue weighted by Gasteiger charge is 2.64. The Bertz CT molecular complexity index is 2160. The number of nitrogens with zero attached hydrogens (tertiary/aromatic N) is 3. The van der Waals surface area contributed by atoms with E-state index in [0.717, 1.165) is 18.7 Å². The van der Waals surface area contributed by atoms with Crippen LogP contribution < -0.4 is 24.2 Å². The summed E-state index contributed by atoms with van der Waals surface area (Å²) in [5.74, 6) is -7.39. The van der Waals surface area contributed by atoms with Crippen LogP contribution in [0.1, 0.15) is 79.6 Å². The number of ether oxygens (including phenoxy) is 3. The van der Waals surface area contributed by atoms with Crippen LogP contribution in [-0.2, 0) is 24.4 Å². The molecule has 60 heavy (non-hydrogen) atoms. The number of carbonyl (C=O) groups is 4. The quantitative estimate of drug-likeness (QED) is 0.251. The SMILES string of the molecule is COc1ccc2c(O[C@@H]3C[C@H]4C(=O)N[C@]5(C(=O)NS(=O)(=O)C6(CF)CC6)C[C@H]5/C=C\CC[C@@H](C)C[C@@H](C)[C@H](N(C(=O)O)C(C)(C)C(C)(F)F)C(=O)N4C3)nc(OC)cc2c1. The molecule has 15 nitrogen and oxygen atoms in total. The van der Waals surface area contributed by atoms with Gasteiger partial charge in [-0.3, -0.25) is 24.0 Å². The van der Waals surface area contributed by atoms with Gasteiger partial charge in [0.25, 0.3) is 11.8 Å². The summed E-state index contributed by atoms with van der Waals surface area (Å²) in [6, 6.07) is 3.58. The van der Waals surface area contributed by atoms with Crippen LogP contribution in [0, 0.1) is 17.8 Å². The van der Waals surface area contributed by atoms with E-state index in [-0.39, 0.29) is 56.3 Å². The molecule has 6 rings (SSSR count). The Morgan fingerprint density at radius 3 is 2.40 bits per heavy atom. The summed E-state index contributed by atoms with van der Waals surface area (Å²) >= 11 is 0. The van der Waals surface area contributed by atoms with Crippen molar-refractivity contribution in [1.82, 2.24) is 24.8 Å². The third-order valence-electron chi connectivity index (χ3n) is 12.9. The van der Waals surface area contributed by atoms with E-state index in [2.05, 4.69) is 10.3 Å². The van der Waals surface area contributed by atoms with Gasteiger partial charge in [-0.15, -0.1) is 0 Å². The molecule has 330 valence electrons. The number of rotatable bonds is 11. The number of pyridine rings is 1. The third kappa shape index (κ3) is 8.29. The summed E-state index contributed by atoms with van der Waals surface area (Å²) in [6.45, 7) is 4.63. The number of fused-ring (bicyclic) bond motifs is 3. The number of hydrogen-bond acceptors (Lipinski definition) is 10. The van der Waals surface area contributed by atoms with E-state index in [0.29, 0.717) is 41.2 Å². The van der Waals surface area contributed by atoms with Crippen molar-refractivity contribution in [2.75, 3.05) is 27.4 Å². The van der Waals surface area contributed by atoms with Crippen LogP contribution in [0.2, 0.25) is 0 Å². The number of hydrogen-bond donors (Lipinski definition) is 3. The number of sulfonamides is 1. The monoisotopic (exact) mass is 865 g/mol. The molecule has 2 saturated carbocycles. The summed E-state index contributed by atoms with van der Waals surface area (Å²) < 4.78 is 88.6. The molecule has 7 atom stereocenters. The summed E-state index contributed by atoms with van der Waals surface area (Å²) in [5.41, 5.74) is -4.21. The number of carbonyl (C=O) groups excluding carboxylic acids is 3. The molecule has 1 aromatic heterocycles. The molecule has 3 heterocycles. The number of aromatic nitrogens is 1. The Labute approximate surface area is 347 Å². The third-order valence-corrected chi connectivity index (χ3v) is 15.0. The molecular weight excluding hydrogens is 812 g/mol. The van der Waals surface area contributed by atoms with Gasteiger partial charge in [0, 0.05) is 30.7 Å². The minimum atomic E-state index is -4.49. The van der Waals surface area contributed by atoms with Gasteiger partial charge in [0.05, 0.1) is 20.8 Å². The molecule has 0 bridgehead atoms. The molecule has 4 aliphatic rings. The molecule has 0 spiro atoms. The molecule has 19 heteroatoms. The maximum absolute atomic E-state index is 15.4. The Morgan fingerprint density at radius 1 is 1.10 bits per heavy atom. The van der Waals surface area contributed by atoms with Gasteiger partial charge in [0.1, 0.15) is 46.4 Å². The van der Waals surface area contributed by atoms with Gasteiger partial charge in [0.15, 0.2) is 0 Å². The molecule has 2 aliphatic heterocycles. The highest BCUT2D eigenvalue weighted by molar-refractivity contribution is 7.91. The van der Waals surface area contributed by atoms with Gasteiger partial charge < -0.3 is 29.5 Å². The molecule has 1 aromatic carbocycles. The van der Waals surface area contributed by atoms with Gasteiger partial charge in [-0.1, -0.05) is 26.0 Å². The largest absolute Gasteiger partial charge is 0.497 e. The van der Waals surface area contributed by atoms with Crippen LogP contribution in [0.3, 0.4) is 0 Å². The van der Waals surface area contributed by atoms with Crippen molar-refractivity contribution < 1.29 is 60.1 Å². The summed E-state index contributed by atoms with van der Waals surface area (Å²) in [4.78, 5) is 63.0.